The van der Waals surface area contributed by atoms with Crippen molar-refractivity contribution >= 4 is 0 Å². The average Bonchev–Trinajstić information content (AvgIpc) is 1.93. The van der Waals surface area contributed by atoms with Crippen LogP contribution in [0.5, 0.6) is 0 Å². The highest BCUT2D eigenvalue weighted by Crippen LogP contribution is 2.04. The molecule has 2 nitrogen and oxygen atoms in total. The van der Waals surface area contributed by atoms with Gasteiger partial charge in [0, 0.05) is 12.5 Å². The summed E-state index contributed by atoms with van der Waals surface area (Å²) in [6.07, 6.45) is 1.41. The van der Waals surface area contributed by atoms with Gasteiger partial charge in [0.1, 0.15) is 0 Å². The fourth-order valence-corrected chi connectivity index (χ4v) is 0.797. The predicted octanol–water partition coefficient (Wildman–Crippen LogP) is 1.05. The molecule has 0 aliphatic carbocycles. The molecule has 0 N–H and O–H groups in total. The summed E-state index contributed by atoms with van der Waals surface area (Å²) in [5.74, 6) is 0. The largest absolute Gasteiger partial charge is 0.618 e. The molecule has 0 aliphatic rings. The van der Waals surface area contributed by atoms with Crippen LogP contribution in [0.1, 0.15) is 16.8 Å². The van der Waals surface area contributed by atoms with E-state index in [9.17, 15) is 5.21 Å². The van der Waals surface area contributed by atoms with Crippen molar-refractivity contribution in [2.24, 2.45) is 0 Å². The Morgan fingerprint density at radius 3 is 2.50 bits per heavy atom. The molecule has 0 bridgehead atoms. The molecule has 0 aliphatic heterocycles. The molecule has 1 heterocycles. The Morgan fingerprint density at radius 2 is 2.00 bits per heavy atom. The minimum absolute atomic E-state index is 0.760. The molecule has 0 unspecified atom stereocenters. The topological polar surface area (TPSA) is 26.9 Å². The maximum Gasteiger partial charge on any atom is 0.192 e. The van der Waals surface area contributed by atoms with Gasteiger partial charge in [-0.15, -0.1) is 0 Å². The van der Waals surface area contributed by atoms with Gasteiger partial charge in [0.05, 0.1) is 6.07 Å². The van der Waals surface area contributed by atoms with E-state index in [4.69, 9.17) is 0 Å². The SMILES string of the molecule is Cc1[c]c[n+]([O-])c(C)c1C. The van der Waals surface area contributed by atoms with E-state index in [1.54, 1.807) is 0 Å². The minimum Gasteiger partial charge on any atom is -0.618 e. The zero-order valence-corrected chi connectivity index (χ0v) is 6.43. The van der Waals surface area contributed by atoms with Gasteiger partial charge in [-0.25, -0.2) is 0 Å². The molecule has 0 aromatic carbocycles. The Kier molecular flexibility index (Phi) is 1.62. The Balaban J connectivity index is 3.34. The van der Waals surface area contributed by atoms with Gasteiger partial charge in [-0.05, 0) is 19.4 Å². The van der Waals surface area contributed by atoms with E-state index in [1.807, 2.05) is 20.8 Å². The molecule has 2 heteroatoms. The van der Waals surface area contributed by atoms with E-state index >= 15 is 0 Å². The Hall–Kier alpha value is -1.05. The third kappa shape index (κ3) is 0.967. The second-order valence-electron chi connectivity index (χ2n) is 2.43. The van der Waals surface area contributed by atoms with Gasteiger partial charge < -0.3 is 5.21 Å². The van der Waals surface area contributed by atoms with E-state index in [-0.39, 0.29) is 0 Å². The summed E-state index contributed by atoms with van der Waals surface area (Å²) in [7, 11) is 0. The standard InChI is InChI=1S/C8H10NO/c1-6-4-5-9(10)8(3)7(6)2/h5H,1-3H3. The molecule has 1 aromatic rings. The van der Waals surface area contributed by atoms with Crippen molar-refractivity contribution in [1.82, 2.24) is 0 Å². The van der Waals surface area contributed by atoms with E-state index < -0.39 is 0 Å². The summed E-state index contributed by atoms with van der Waals surface area (Å²) in [5, 5.41) is 10.9. The highest BCUT2D eigenvalue weighted by atomic mass is 16.5. The summed E-state index contributed by atoms with van der Waals surface area (Å²) < 4.78 is 0.836. The summed E-state index contributed by atoms with van der Waals surface area (Å²) in [5.41, 5.74) is 2.83. The number of aromatic nitrogens is 1. The molecule has 10 heavy (non-hydrogen) atoms. The average molecular weight is 136 g/mol. The normalized spacial score (nSPS) is 9.90. The van der Waals surface area contributed by atoms with Crippen LogP contribution in [-0.4, -0.2) is 0 Å². The first-order valence-corrected chi connectivity index (χ1v) is 3.20. The summed E-state index contributed by atoms with van der Waals surface area (Å²) in [6.45, 7) is 5.68. The molecule has 0 saturated carbocycles. The molecule has 53 valence electrons. The van der Waals surface area contributed by atoms with Gasteiger partial charge in [-0.2, -0.15) is 4.73 Å². The van der Waals surface area contributed by atoms with Crippen LogP contribution < -0.4 is 4.73 Å². The van der Waals surface area contributed by atoms with Crippen LogP contribution >= 0.6 is 0 Å². The number of nitrogens with zero attached hydrogens (tertiary/aromatic N) is 1. The second kappa shape index (κ2) is 2.29. The lowest BCUT2D eigenvalue weighted by Crippen LogP contribution is -2.30. The minimum atomic E-state index is 0.760. The molecule has 0 atom stereocenters. The quantitative estimate of drug-likeness (QED) is 0.387. The third-order valence-corrected chi connectivity index (χ3v) is 1.83. The first-order chi connectivity index (χ1) is 4.63. The van der Waals surface area contributed by atoms with Crippen LogP contribution in [0.3, 0.4) is 0 Å². The Labute approximate surface area is 60.7 Å². The monoisotopic (exact) mass is 136 g/mol. The van der Waals surface area contributed by atoms with Crippen LogP contribution in [0, 0.1) is 32.0 Å². The molecule has 0 spiro atoms. The fraction of sp³-hybridized carbons (Fsp3) is 0.375. The van der Waals surface area contributed by atoms with Crippen molar-refractivity contribution in [3.63, 3.8) is 0 Å². The Morgan fingerprint density at radius 1 is 1.40 bits per heavy atom. The summed E-state index contributed by atoms with van der Waals surface area (Å²) >= 11 is 0. The van der Waals surface area contributed by atoms with Crippen molar-refractivity contribution in [3.05, 3.63) is 34.3 Å². The van der Waals surface area contributed by atoms with Crippen LogP contribution in [-0.2, 0) is 0 Å². The van der Waals surface area contributed by atoms with Gasteiger partial charge in [0.2, 0.25) is 0 Å². The van der Waals surface area contributed by atoms with Crippen molar-refractivity contribution < 1.29 is 4.73 Å². The lowest BCUT2D eigenvalue weighted by molar-refractivity contribution is -0.613. The van der Waals surface area contributed by atoms with Crippen molar-refractivity contribution in [1.29, 1.82) is 0 Å². The van der Waals surface area contributed by atoms with Gasteiger partial charge in [0.25, 0.3) is 0 Å². The van der Waals surface area contributed by atoms with Crippen LogP contribution in [0.25, 0.3) is 0 Å². The van der Waals surface area contributed by atoms with Crippen molar-refractivity contribution in [3.8, 4) is 0 Å². The molecular weight excluding hydrogens is 126 g/mol. The lowest BCUT2D eigenvalue weighted by atomic mass is 10.1. The van der Waals surface area contributed by atoms with E-state index in [0.29, 0.717) is 0 Å². The molecule has 1 aromatic heterocycles. The predicted molar refractivity (Wildman–Crippen MR) is 38.4 cm³/mol. The highest BCUT2D eigenvalue weighted by molar-refractivity contribution is 5.21. The zero-order chi connectivity index (χ0) is 7.72. The molecule has 0 fully saturated rings. The number of rotatable bonds is 0. The molecule has 0 amide bonds. The van der Waals surface area contributed by atoms with E-state index in [0.717, 1.165) is 21.6 Å². The van der Waals surface area contributed by atoms with Crippen LogP contribution in [0.15, 0.2) is 6.20 Å². The maximum atomic E-state index is 10.9. The smallest absolute Gasteiger partial charge is 0.192 e. The third-order valence-electron chi connectivity index (χ3n) is 1.83. The number of hydrogen-bond acceptors (Lipinski definition) is 1. The van der Waals surface area contributed by atoms with Crippen molar-refractivity contribution in [2.75, 3.05) is 0 Å². The van der Waals surface area contributed by atoms with Gasteiger partial charge in [-0.3, -0.25) is 0 Å². The number of aryl methyl sites for hydroxylation is 1. The second-order valence-corrected chi connectivity index (χ2v) is 2.43. The fourth-order valence-electron chi connectivity index (χ4n) is 0.797. The zero-order valence-electron chi connectivity index (χ0n) is 6.43. The van der Waals surface area contributed by atoms with Crippen LogP contribution in [0.2, 0.25) is 0 Å². The number of hydrogen-bond donors (Lipinski definition) is 0. The van der Waals surface area contributed by atoms with Crippen molar-refractivity contribution in [2.45, 2.75) is 20.8 Å². The molecule has 1 radical (unpaired) electrons. The highest BCUT2D eigenvalue weighted by Gasteiger charge is 2.04. The molecular formula is C8H10NO. The summed E-state index contributed by atoms with van der Waals surface area (Å²) in [4.78, 5) is 0. The molecule has 1 rings (SSSR count). The first kappa shape index (κ1) is 7.06. The summed E-state index contributed by atoms with van der Waals surface area (Å²) in [6, 6.07) is 2.86. The Bertz CT molecular complexity index is 229. The van der Waals surface area contributed by atoms with Crippen LogP contribution in [0.4, 0.5) is 0 Å². The van der Waals surface area contributed by atoms with Gasteiger partial charge in [0.15, 0.2) is 11.9 Å². The lowest BCUT2D eigenvalue weighted by Gasteiger charge is -2.03. The maximum absolute atomic E-state index is 10.9. The first-order valence-electron chi connectivity index (χ1n) is 3.20. The van der Waals surface area contributed by atoms with E-state index in [2.05, 4.69) is 6.07 Å². The molecule has 0 saturated heterocycles. The number of pyridine rings is 1. The van der Waals surface area contributed by atoms with E-state index in [1.165, 1.54) is 6.20 Å². The van der Waals surface area contributed by atoms with Gasteiger partial charge >= 0.3 is 0 Å². The van der Waals surface area contributed by atoms with Gasteiger partial charge in [-0.1, -0.05) is 0 Å².